The third-order valence-electron chi connectivity index (χ3n) is 5.05. The fourth-order valence-electron chi connectivity index (χ4n) is 3.26. The van der Waals surface area contributed by atoms with Crippen molar-refractivity contribution in [3.05, 3.63) is 59.2 Å². The Labute approximate surface area is 192 Å². The zero-order chi connectivity index (χ0) is 25.3. The van der Waals surface area contributed by atoms with Gasteiger partial charge in [0.15, 0.2) is 6.29 Å². The molecule has 11 heteroatoms. The third-order valence-corrected chi connectivity index (χ3v) is 5.05. The minimum absolute atomic E-state index is 0.102. The Hall–Kier alpha value is -2.79. The zero-order valence-corrected chi connectivity index (χ0v) is 18.5. The highest BCUT2D eigenvalue weighted by atomic mass is 19.4. The van der Waals surface area contributed by atoms with Gasteiger partial charge in [0.2, 0.25) is 5.91 Å². The van der Waals surface area contributed by atoms with Crippen molar-refractivity contribution in [2.45, 2.75) is 45.5 Å². The van der Waals surface area contributed by atoms with E-state index in [1.807, 2.05) is 0 Å². The summed E-state index contributed by atoms with van der Waals surface area (Å²) in [5.74, 6) is -1.03. The number of carbonyl (C=O) groups is 1. The fraction of sp³-hybridized carbons (Fsp3) is 0.435. The molecule has 1 amide bonds. The van der Waals surface area contributed by atoms with Gasteiger partial charge in [-0.25, -0.2) is 0 Å². The topological polar surface area (TPSA) is 56.8 Å². The van der Waals surface area contributed by atoms with Crippen molar-refractivity contribution in [3.8, 4) is 5.75 Å². The predicted octanol–water partition coefficient (Wildman–Crippen LogP) is 6.20. The number of carbonyl (C=O) groups excluding carboxylic acids is 1. The predicted molar refractivity (Wildman–Crippen MR) is 110 cm³/mol. The van der Waals surface area contributed by atoms with Crippen LogP contribution in [0, 0.1) is 5.41 Å². The molecule has 5 nitrogen and oxygen atoms in total. The highest BCUT2D eigenvalue weighted by molar-refractivity contribution is 5.95. The lowest BCUT2D eigenvalue weighted by molar-refractivity contribution is -0.226. The van der Waals surface area contributed by atoms with Crippen molar-refractivity contribution in [2.24, 2.45) is 5.41 Å². The maximum absolute atomic E-state index is 13.4. The maximum Gasteiger partial charge on any atom is 0.420 e. The molecule has 1 fully saturated rings. The normalized spacial score (nSPS) is 21.4. The molecule has 1 N–H and O–H groups in total. The zero-order valence-electron chi connectivity index (χ0n) is 18.5. The summed E-state index contributed by atoms with van der Waals surface area (Å²) >= 11 is 0. The van der Waals surface area contributed by atoms with Gasteiger partial charge in [0.05, 0.1) is 35.9 Å². The largest absolute Gasteiger partial charge is 0.490 e. The lowest BCUT2D eigenvalue weighted by atomic mass is 9.90. The number of ether oxygens (including phenoxy) is 3. The summed E-state index contributed by atoms with van der Waals surface area (Å²) in [6.07, 6.45) is -10.8. The van der Waals surface area contributed by atoms with E-state index in [1.165, 1.54) is 25.1 Å². The highest BCUT2D eigenvalue weighted by Gasteiger charge is 2.41. The fourth-order valence-corrected chi connectivity index (χ4v) is 3.26. The Bertz CT molecular complexity index is 1030. The highest BCUT2D eigenvalue weighted by Crippen LogP contribution is 2.39. The molecule has 1 aliphatic heterocycles. The molecule has 0 radical (unpaired) electrons. The average molecular weight is 491 g/mol. The van der Waals surface area contributed by atoms with Crippen LogP contribution in [0.5, 0.6) is 5.75 Å². The number of anilines is 1. The lowest BCUT2D eigenvalue weighted by Gasteiger charge is -2.36. The molecule has 0 bridgehead atoms. The van der Waals surface area contributed by atoms with Gasteiger partial charge in [-0.1, -0.05) is 12.1 Å². The van der Waals surface area contributed by atoms with E-state index in [-0.39, 0.29) is 30.2 Å². The second-order valence-electron chi connectivity index (χ2n) is 8.47. The minimum atomic E-state index is -4.70. The molecule has 1 saturated heterocycles. The molecule has 0 aliphatic carbocycles. The lowest BCUT2D eigenvalue weighted by Crippen LogP contribution is -2.45. The van der Waals surface area contributed by atoms with Gasteiger partial charge in [-0.3, -0.25) is 4.79 Å². The summed E-state index contributed by atoms with van der Waals surface area (Å²) in [4.78, 5) is 12.8. The first-order valence-electron chi connectivity index (χ1n) is 10.3. The van der Waals surface area contributed by atoms with Crippen LogP contribution in [0.25, 0.3) is 0 Å². The molecule has 1 heterocycles. The number of benzene rings is 2. The van der Waals surface area contributed by atoms with E-state index in [9.17, 15) is 31.1 Å². The molecule has 1 aliphatic rings. The van der Waals surface area contributed by atoms with Crippen LogP contribution in [0.4, 0.5) is 32.0 Å². The smallest absolute Gasteiger partial charge is 0.420 e. The van der Waals surface area contributed by atoms with Crippen molar-refractivity contribution in [1.82, 2.24) is 0 Å². The first-order valence-corrected chi connectivity index (χ1v) is 10.3. The van der Waals surface area contributed by atoms with E-state index in [4.69, 9.17) is 14.2 Å². The van der Waals surface area contributed by atoms with Crippen molar-refractivity contribution >= 4 is 11.6 Å². The molecular weight excluding hydrogens is 468 g/mol. The van der Waals surface area contributed by atoms with Gasteiger partial charge in [-0.15, -0.1) is 0 Å². The van der Waals surface area contributed by atoms with Crippen LogP contribution in [-0.4, -0.2) is 25.2 Å². The molecule has 34 heavy (non-hydrogen) atoms. The Morgan fingerprint density at radius 3 is 2.24 bits per heavy atom. The Kier molecular flexibility index (Phi) is 7.18. The van der Waals surface area contributed by atoms with Crippen LogP contribution in [0.1, 0.15) is 43.8 Å². The molecule has 0 unspecified atom stereocenters. The Morgan fingerprint density at radius 2 is 1.68 bits per heavy atom. The van der Waals surface area contributed by atoms with Crippen molar-refractivity contribution in [2.75, 3.05) is 18.5 Å². The average Bonchev–Trinajstić information content (AvgIpc) is 2.73. The van der Waals surface area contributed by atoms with E-state index in [2.05, 4.69) is 5.32 Å². The third kappa shape index (κ3) is 6.01. The molecule has 0 spiro atoms. The van der Waals surface area contributed by atoms with Crippen LogP contribution in [0.2, 0.25) is 0 Å². The van der Waals surface area contributed by atoms with Crippen LogP contribution in [0.3, 0.4) is 0 Å². The SMILES string of the molecule is CC(C)Oc1ccc(NC(=O)C2(C)COC(c3cccc(C(F)(F)F)c3)OC2)cc1C(F)(F)F. The molecule has 0 saturated carbocycles. The van der Waals surface area contributed by atoms with Gasteiger partial charge >= 0.3 is 12.4 Å². The maximum atomic E-state index is 13.4. The Morgan fingerprint density at radius 1 is 1.03 bits per heavy atom. The second kappa shape index (κ2) is 9.46. The van der Waals surface area contributed by atoms with Gasteiger partial charge in [0, 0.05) is 11.3 Å². The second-order valence-corrected chi connectivity index (χ2v) is 8.47. The van der Waals surface area contributed by atoms with E-state index >= 15 is 0 Å². The summed E-state index contributed by atoms with van der Waals surface area (Å²) in [5, 5.41) is 2.43. The molecule has 186 valence electrons. The van der Waals surface area contributed by atoms with Gasteiger partial charge in [0.1, 0.15) is 5.75 Å². The number of alkyl halides is 6. The molecule has 3 rings (SSSR count). The van der Waals surface area contributed by atoms with Crippen LogP contribution in [0.15, 0.2) is 42.5 Å². The van der Waals surface area contributed by atoms with E-state index in [0.717, 1.165) is 24.3 Å². The monoisotopic (exact) mass is 491 g/mol. The van der Waals surface area contributed by atoms with Crippen molar-refractivity contribution in [3.63, 3.8) is 0 Å². The van der Waals surface area contributed by atoms with E-state index in [0.29, 0.717) is 0 Å². The summed E-state index contributed by atoms with van der Waals surface area (Å²) in [7, 11) is 0. The van der Waals surface area contributed by atoms with Crippen LogP contribution in [-0.2, 0) is 26.6 Å². The van der Waals surface area contributed by atoms with Gasteiger partial charge in [-0.05, 0) is 51.1 Å². The summed E-state index contributed by atoms with van der Waals surface area (Å²) in [6, 6.07) is 7.61. The van der Waals surface area contributed by atoms with Crippen molar-refractivity contribution < 1.29 is 45.3 Å². The number of halogens is 6. The van der Waals surface area contributed by atoms with E-state index < -0.39 is 47.2 Å². The molecule has 2 aromatic carbocycles. The number of rotatable bonds is 5. The molecule has 0 atom stereocenters. The first kappa shape index (κ1) is 25.8. The number of hydrogen-bond acceptors (Lipinski definition) is 4. The van der Waals surface area contributed by atoms with Crippen molar-refractivity contribution in [1.29, 1.82) is 0 Å². The van der Waals surface area contributed by atoms with Gasteiger partial charge in [-0.2, -0.15) is 26.3 Å². The molecule has 0 aromatic heterocycles. The quantitative estimate of drug-likeness (QED) is 0.506. The summed E-state index contributed by atoms with van der Waals surface area (Å²) in [6.45, 7) is 4.21. The number of nitrogens with one attached hydrogen (secondary N) is 1. The summed E-state index contributed by atoms with van der Waals surface area (Å²) < 4.78 is 95.4. The summed E-state index contributed by atoms with van der Waals surface area (Å²) in [5.41, 5.74) is -3.16. The van der Waals surface area contributed by atoms with Gasteiger partial charge < -0.3 is 19.5 Å². The van der Waals surface area contributed by atoms with E-state index in [1.54, 1.807) is 13.8 Å². The standard InChI is InChI=1S/C23H23F6NO4/c1-13(2)34-18-8-7-16(10-17(18)23(27,28)29)30-20(31)21(3)11-32-19(33-12-21)14-5-4-6-15(9-14)22(24,25)26/h4-10,13,19H,11-12H2,1-3H3,(H,30,31). The number of amides is 1. The Balaban J connectivity index is 1.71. The number of hydrogen-bond donors (Lipinski definition) is 1. The van der Waals surface area contributed by atoms with Crippen LogP contribution >= 0.6 is 0 Å². The first-order chi connectivity index (χ1) is 15.7. The molecular formula is C23H23F6NO4. The molecule has 2 aromatic rings. The van der Waals surface area contributed by atoms with Gasteiger partial charge in [0.25, 0.3) is 0 Å². The van der Waals surface area contributed by atoms with Crippen LogP contribution < -0.4 is 10.1 Å². The minimum Gasteiger partial charge on any atom is -0.490 e.